The van der Waals surface area contributed by atoms with Crippen LogP contribution in [0.4, 0.5) is 5.82 Å². The molecule has 1 saturated carbocycles. The van der Waals surface area contributed by atoms with Crippen molar-refractivity contribution in [2.45, 2.75) is 57.9 Å². The number of nitrogens with zero attached hydrogens (tertiary/aromatic N) is 4. The van der Waals surface area contributed by atoms with E-state index in [2.05, 4.69) is 33.7 Å². The quantitative estimate of drug-likeness (QED) is 0.925. The molecule has 2 aromatic rings. The van der Waals surface area contributed by atoms with Gasteiger partial charge in [0.15, 0.2) is 5.82 Å². The van der Waals surface area contributed by atoms with E-state index in [0.29, 0.717) is 5.92 Å². The minimum atomic E-state index is -1.21. The second-order valence-corrected chi connectivity index (χ2v) is 6.42. The molecule has 0 bridgehead atoms. The summed E-state index contributed by atoms with van der Waals surface area (Å²) in [4.78, 5) is 26.3. The number of carbonyl (C=O) groups is 1. The molecule has 3 rings (SSSR count). The molecule has 0 unspecified atom stereocenters. The molecule has 0 atom stereocenters. The van der Waals surface area contributed by atoms with E-state index in [-0.39, 0.29) is 23.3 Å². The van der Waals surface area contributed by atoms with Gasteiger partial charge in [-0.25, -0.2) is 9.78 Å². The van der Waals surface area contributed by atoms with Crippen molar-refractivity contribution in [3.05, 3.63) is 11.6 Å². The van der Waals surface area contributed by atoms with Gasteiger partial charge in [-0.15, -0.1) is 0 Å². The van der Waals surface area contributed by atoms with Crippen LogP contribution in [0.25, 0.3) is 11.4 Å². The fourth-order valence-corrected chi connectivity index (χ4v) is 3.01. The van der Waals surface area contributed by atoms with Gasteiger partial charge in [0.25, 0.3) is 5.71 Å². The summed E-state index contributed by atoms with van der Waals surface area (Å²) in [6.45, 7) is 4.17. The standard InChI is InChI=1S/C16H22N4O3/c1-9(2)20(3)13-11(10-7-5-4-6-8-10)17-12-14(19-13)23-15(18-12)16(21)22/h9-10H,4-8H2,1-3H3,(H,21,22). The van der Waals surface area contributed by atoms with E-state index in [4.69, 9.17) is 9.52 Å². The molecule has 0 aromatic carbocycles. The van der Waals surface area contributed by atoms with Crippen LogP contribution in [0.2, 0.25) is 0 Å². The van der Waals surface area contributed by atoms with Gasteiger partial charge in [0.1, 0.15) is 0 Å². The Morgan fingerprint density at radius 2 is 1.91 bits per heavy atom. The van der Waals surface area contributed by atoms with Crippen molar-refractivity contribution in [1.29, 1.82) is 0 Å². The number of oxazole rings is 1. The molecule has 124 valence electrons. The van der Waals surface area contributed by atoms with Crippen LogP contribution in [0, 0.1) is 0 Å². The third kappa shape index (κ3) is 3.00. The first-order valence-electron chi connectivity index (χ1n) is 8.12. The number of carboxylic acids is 1. The monoisotopic (exact) mass is 318 g/mol. The summed E-state index contributed by atoms with van der Waals surface area (Å²) in [6, 6.07) is 0.256. The van der Waals surface area contributed by atoms with E-state index >= 15 is 0 Å². The van der Waals surface area contributed by atoms with E-state index < -0.39 is 5.97 Å². The highest BCUT2D eigenvalue weighted by Crippen LogP contribution is 2.36. The summed E-state index contributed by atoms with van der Waals surface area (Å²) in [5.74, 6) is -0.448. The van der Waals surface area contributed by atoms with Gasteiger partial charge in [0.05, 0.1) is 5.69 Å². The van der Waals surface area contributed by atoms with Gasteiger partial charge in [0, 0.05) is 19.0 Å². The summed E-state index contributed by atoms with van der Waals surface area (Å²) in [5.41, 5.74) is 1.38. The number of hydrogen-bond acceptors (Lipinski definition) is 6. The molecule has 1 N–H and O–H groups in total. The Bertz CT molecular complexity index is 719. The van der Waals surface area contributed by atoms with Gasteiger partial charge in [-0.1, -0.05) is 19.3 Å². The molecule has 0 aliphatic heterocycles. The maximum atomic E-state index is 11.1. The minimum Gasteiger partial charge on any atom is -0.474 e. The molecule has 0 saturated heterocycles. The smallest absolute Gasteiger partial charge is 0.392 e. The lowest BCUT2D eigenvalue weighted by atomic mass is 9.86. The Kier molecular flexibility index (Phi) is 4.19. The predicted octanol–water partition coefficient (Wildman–Crippen LogP) is 3.21. The van der Waals surface area contributed by atoms with Gasteiger partial charge in [-0.05, 0) is 26.7 Å². The van der Waals surface area contributed by atoms with Gasteiger partial charge in [0.2, 0.25) is 5.65 Å². The largest absolute Gasteiger partial charge is 0.474 e. The zero-order valence-electron chi connectivity index (χ0n) is 13.7. The van der Waals surface area contributed by atoms with Crippen molar-refractivity contribution in [3.63, 3.8) is 0 Å². The van der Waals surface area contributed by atoms with Crippen LogP contribution >= 0.6 is 0 Å². The van der Waals surface area contributed by atoms with Crippen molar-refractivity contribution < 1.29 is 14.3 Å². The van der Waals surface area contributed by atoms with Crippen molar-refractivity contribution in [3.8, 4) is 0 Å². The van der Waals surface area contributed by atoms with Gasteiger partial charge >= 0.3 is 11.9 Å². The van der Waals surface area contributed by atoms with Crippen molar-refractivity contribution in [2.24, 2.45) is 0 Å². The second kappa shape index (κ2) is 6.14. The van der Waals surface area contributed by atoms with Gasteiger partial charge in [-0.2, -0.15) is 9.97 Å². The van der Waals surface area contributed by atoms with Crippen LogP contribution in [0.3, 0.4) is 0 Å². The van der Waals surface area contributed by atoms with Crippen LogP contribution in [0.15, 0.2) is 4.42 Å². The summed E-state index contributed by atoms with van der Waals surface area (Å²) in [6.07, 6.45) is 5.81. The van der Waals surface area contributed by atoms with Crippen LogP contribution < -0.4 is 4.90 Å². The van der Waals surface area contributed by atoms with Crippen molar-refractivity contribution in [2.75, 3.05) is 11.9 Å². The molecule has 2 heterocycles. The van der Waals surface area contributed by atoms with Crippen LogP contribution in [-0.4, -0.2) is 39.1 Å². The maximum absolute atomic E-state index is 11.1. The first kappa shape index (κ1) is 15.7. The Morgan fingerprint density at radius 1 is 1.22 bits per heavy atom. The molecule has 1 aliphatic rings. The van der Waals surface area contributed by atoms with Gasteiger partial charge in [-0.3, -0.25) is 0 Å². The molecule has 2 aromatic heterocycles. The highest BCUT2D eigenvalue weighted by molar-refractivity contribution is 5.85. The Balaban J connectivity index is 2.12. The number of aromatic carboxylic acids is 1. The van der Waals surface area contributed by atoms with Crippen LogP contribution in [0.5, 0.6) is 0 Å². The highest BCUT2D eigenvalue weighted by atomic mass is 16.4. The van der Waals surface area contributed by atoms with Crippen LogP contribution in [-0.2, 0) is 0 Å². The predicted molar refractivity (Wildman–Crippen MR) is 85.9 cm³/mol. The maximum Gasteiger partial charge on any atom is 0.392 e. The van der Waals surface area contributed by atoms with E-state index in [1.165, 1.54) is 19.3 Å². The third-order valence-electron chi connectivity index (χ3n) is 4.54. The number of rotatable bonds is 4. The molecule has 0 radical (unpaired) electrons. The summed E-state index contributed by atoms with van der Waals surface area (Å²) < 4.78 is 5.23. The van der Waals surface area contributed by atoms with E-state index in [1.54, 1.807) is 0 Å². The number of anilines is 1. The number of fused-ring (bicyclic) bond motifs is 1. The highest BCUT2D eigenvalue weighted by Gasteiger charge is 2.26. The normalized spacial score (nSPS) is 16.2. The SMILES string of the molecule is CC(C)N(C)c1nc2oc(C(=O)O)nc2nc1C1CCCCC1. The molecule has 23 heavy (non-hydrogen) atoms. The van der Waals surface area contributed by atoms with E-state index in [1.807, 2.05) is 7.05 Å². The lowest BCUT2D eigenvalue weighted by molar-refractivity contribution is 0.0656. The number of carboxylic acid groups (broad SMARTS) is 1. The average Bonchev–Trinajstić information content (AvgIpc) is 2.97. The molecule has 0 spiro atoms. The average molecular weight is 318 g/mol. The summed E-state index contributed by atoms with van der Waals surface area (Å²) in [7, 11) is 1.97. The molecule has 0 amide bonds. The molecule has 7 heteroatoms. The topological polar surface area (TPSA) is 92.4 Å². The fraction of sp³-hybridized carbons (Fsp3) is 0.625. The minimum absolute atomic E-state index is 0.185. The number of hydrogen-bond donors (Lipinski definition) is 1. The molecule has 1 fully saturated rings. The Morgan fingerprint density at radius 3 is 2.52 bits per heavy atom. The Hall–Kier alpha value is -2.18. The lowest BCUT2D eigenvalue weighted by Gasteiger charge is -2.28. The zero-order chi connectivity index (χ0) is 16.6. The molecular formula is C16H22N4O3. The second-order valence-electron chi connectivity index (χ2n) is 6.42. The molecule has 7 nitrogen and oxygen atoms in total. The fourth-order valence-electron chi connectivity index (χ4n) is 3.01. The Labute approximate surface area is 134 Å². The third-order valence-corrected chi connectivity index (χ3v) is 4.54. The van der Waals surface area contributed by atoms with Crippen molar-refractivity contribution in [1.82, 2.24) is 15.0 Å². The van der Waals surface area contributed by atoms with E-state index in [0.717, 1.165) is 24.4 Å². The van der Waals surface area contributed by atoms with E-state index in [9.17, 15) is 4.79 Å². The summed E-state index contributed by atoms with van der Waals surface area (Å²) >= 11 is 0. The summed E-state index contributed by atoms with van der Waals surface area (Å²) in [5, 5.41) is 9.05. The molecule has 1 aliphatic carbocycles. The zero-order valence-corrected chi connectivity index (χ0v) is 13.7. The van der Waals surface area contributed by atoms with Crippen molar-refractivity contribution >= 4 is 23.1 Å². The first-order chi connectivity index (χ1) is 11.0. The first-order valence-corrected chi connectivity index (χ1v) is 8.12. The van der Waals surface area contributed by atoms with Crippen LogP contribution in [0.1, 0.15) is 68.2 Å². The van der Waals surface area contributed by atoms with Gasteiger partial charge < -0.3 is 14.4 Å². The molecular weight excluding hydrogens is 296 g/mol. The lowest BCUT2D eigenvalue weighted by Crippen LogP contribution is -2.29. The number of aromatic nitrogens is 3.